The first-order valence-corrected chi connectivity index (χ1v) is 6.32. The lowest BCUT2D eigenvalue weighted by atomic mass is 10.1. The summed E-state index contributed by atoms with van der Waals surface area (Å²) in [4.78, 5) is 26.1. The molecule has 2 aromatic rings. The van der Waals surface area contributed by atoms with Gasteiger partial charge in [0, 0.05) is 6.20 Å². The Morgan fingerprint density at radius 1 is 1.28 bits per heavy atom. The van der Waals surface area contributed by atoms with Crippen LogP contribution in [0.15, 0.2) is 38.5 Å². The maximum atomic E-state index is 11.9. The van der Waals surface area contributed by atoms with Gasteiger partial charge in [0.15, 0.2) is 0 Å². The van der Waals surface area contributed by atoms with Crippen molar-refractivity contribution in [1.29, 1.82) is 0 Å². The third kappa shape index (κ3) is 2.46. The van der Waals surface area contributed by atoms with Gasteiger partial charge >= 0.3 is 5.69 Å². The molecule has 0 fully saturated rings. The Balaban J connectivity index is 2.53. The fraction of sp³-hybridized carbons (Fsp3) is 0.231. The topological polar surface area (TPSA) is 54.9 Å². The number of H-pyrrole nitrogens is 1. The maximum absolute atomic E-state index is 11.9. The van der Waals surface area contributed by atoms with E-state index in [0.29, 0.717) is 4.47 Å². The molecule has 4 nitrogen and oxygen atoms in total. The third-order valence-corrected chi connectivity index (χ3v) is 3.42. The first-order valence-electron chi connectivity index (χ1n) is 5.53. The Labute approximate surface area is 112 Å². The van der Waals surface area contributed by atoms with Gasteiger partial charge in [-0.1, -0.05) is 23.8 Å². The first kappa shape index (κ1) is 12.8. The minimum atomic E-state index is -0.399. The molecule has 1 aromatic heterocycles. The van der Waals surface area contributed by atoms with Gasteiger partial charge in [0.1, 0.15) is 0 Å². The van der Waals surface area contributed by atoms with E-state index in [1.165, 1.54) is 10.8 Å². The van der Waals surface area contributed by atoms with Crippen LogP contribution in [0.25, 0.3) is 0 Å². The van der Waals surface area contributed by atoms with Gasteiger partial charge in [-0.05, 0) is 40.9 Å². The summed E-state index contributed by atoms with van der Waals surface area (Å²) < 4.78 is 1.54. The summed E-state index contributed by atoms with van der Waals surface area (Å²) in [6, 6.07) is 5.98. The average Bonchev–Trinajstić information content (AvgIpc) is 2.34. The minimum absolute atomic E-state index is 0.279. The molecule has 0 saturated carbocycles. The fourth-order valence-electron chi connectivity index (χ4n) is 1.77. The second-order valence-corrected chi connectivity index (χ2v) is 5.12. The van der Waals surface area contributed by atoms with Crippen molar-refractivity contribution in [2.45, 2.75) is 20.4 Å². The molecule has 94 valence electrons. The number of aryl methyl sites for hydroxylation is 2. The molecule has 1 heterocycles. The van der Waals surface area contributed by atoms with Crippen LogP contribution in [0.3, 0.4) is 0 Å². The average molecular weight is 309 g/mol. The largest absolute Gasteiger partial charge is 0.328 e. The second kappa shape index (κ2) is 4.94. The minimum Gasteiger partial charge on any atom is -0.313 e. The van der Waals surface area contributed by atoms with Gasteiger partial charge in [-0.2, -0.15) is 0 Å². The molecule has 5 heteroatoms. The Morgan fingerprint density at radius 2 is 2.00 bits per heavy atom. The fourth-order valence-corrected chi connectivity index (χ4v) is 2.10. The third-order valence-electron chi connectivity index (χ3n) is 2.85. The van der Waals surface area contributed by atoms with Crippen molar-refractivity contribution in [1.82, 2.24) is 9.55 Å². The van der Waals surface area contributed by atoms with E-state index in [1.54, 1.807) is 0 Å². The molecule has 0 amide bonds. The van der Waals surface area contributed by atoms with Gasteiger partial charge < -0.3 is 4.98 Å². The number of aromatic nitrogens is 2. The van der Waals surface area contributed by atoms with Crippen molar-refractivity contribution in [2.75, 3.05) is 0 Å². The Bertz CT molecular complexity index is 701. The van der Waals surface area contributed by atoms with Gasteiger partial charge in [0.05, 0.1) is 11.0 Å². The number of hydrogen-bond acceptors (Lipinski definition) is 2. The Kier molecular flexibility index (Phi) is 3.52. The summed E-state index contributed by atoms with van der Waals surface area (Å²) in [5.74, 6) is 0. The Morgan fingerprint density at radius 3 is 2.72 bits per heavy atom. The highest BCUT2D eigenvalue weighted by atomic mass is 79.9. The SMILES string of the molecule is Cc1ccc(C)c(Cn2c(=O)[nH]cc(Br)c2=O)c1. The number of nitrogens with one attached hydrogen (secondary N) is 1. The summed E-state index contributed by atoms with van der Waals surface area (Å²) in [7, 11) is 0. The first-order chi connectivity index (χ1) is 8.49. The molecule has 2 rings (SSSR count). The number of aromatic amines is 1. The number of benzene rings is 1. The zero-order valence-electron chi connectivity index (χ0n) is 10.2. The second-order valence-electron chi connectivity index (χ2n) is 4.26. The highest BCUT2D eigenvalue weighted by Gasteiger charge is 2.07. The smallest absolute Gasteiger partial charge is 0.313 e. The van der Waals surface area contributed by atoms with E-state index in [2.05, 4.69) is 20.9 Å². The van der Waals surface area contributed by atoms with Crippen LogP contribution in [-0.4, -0.2) is 9.55 Å². The molecule has 0 aliphatic heterocycles. The standard InChI is InChI=1S/C13H13BrN2O2/c1-8-3-4-9(2)10(5-8)7-16-12(17)11(14)6-15-13(16)18/h3-6H,7H2,1-2H3,(H,15,18). The summed E-state index contributed by atoms with van der Waals surface area (Å²) in [5.41, 5.74) is 2.42. The van der Waals surface area contributed by atoms with Crippen LogP contribution < -0.4 is 11.2 Å². The van der Waals surface area contributed by atoms with Crippen molar-refractivity contribution in [3.63, 3.8) is 0 Å². The summed E-state index contributed by atoms with van der Waals surface area (Å²) in [6.45, 7) is 4.23. The quantitative estimate of drug-likeness (QED) is 0.922. The van der Waals surface area contributed by atoms with Gasteiger partial charge in [-0.25, -0.2) is 4.79 Å². The van der Waals surface area contributed by atoms with E-state index in [9.17, 15) is 9.59 Å². The lowest BCUT2D eigenvalue weighted by Crippen LogP contribution is -2.35. The van der Waals surface area contributed by atoms with E-state index in [0.717, 1.165) is 16.7 Å². The van der Waals surface area contributed by atoms with Crippen molar-refractivity contribution in [3.8, 4) is 0 Å². The normalized spacial score (nSPS) is 10.6. The van der Waals surface area contributed by atoms with Crippen molar-refractivity contribution >= 4 is 15.9 Å². The zero-order valence-corrected chi connectivity index (χ0v) is 11.7. The Hall–Kier alpha value is -1.62. The van der Waals surface area contributed by atoms with E-state index in [4.69, 9.17) is 0 Å². The summed E-state index contributed by atoms with van der Waals surface area (Å²) >= 11 is 3.12. The molecule has 0 aliphatic carbocycles. The van der Waals surface area contributed by atoms with Crippen molar-refractivity contribution < 1.29 is 0 Å². The summed E-state index contributed by atoms with van der Waals surface area (Å²) in [5, 5.41) is 0. The lowest BCUT2D eigenvalue weighted by molar-refractivity contribution is 0.691. The van der Waals surface area contributed by atoms with Crippen LogP contribution in [0.2, 0.25) is 0 Å². The van der Waals surface area contributed by atoms with Gasteiger partial charge in [-0.3, -0.25) is 9.36 Å². The number of rotatable bonds is 2. The van der Waals surface area contributed by atoms with Crippen LogP contribution in [0.5, 0.6) is 0 Å². The van der Waals surface area contributed by atoms with Crippen LogP contribution >= 0.6 is 15.9 Å². The molecule has 1 aromatic carbocycles. The predicted molar refractivity (Wildman–Crippen MR) is 74.0 cm³/mol. The molecule has 0 saturated heterocycles. The highest BCUT2D eigenvalue weighted by Crippen LogP contribution is 2.11. The van der Waals surface area contributed by atoms with Crippen LogP contribution in [0, 0.1) is 13.8 Å². The molecule has 1 N–H and O–H groups in total. The predicted octanol–water partition coefficient (Wildman–Crippen LogP) is 1.96. The van der Waals surface area contributed by atoms with Gasteiger partial charge in [0.25, 0.3) is 5.56 Å². The lowest BCUT2D eigenvalue weighted by Gasteiger charge is -2.09. The van der Waals surface area contributed by atoms with Crippen LogP contribution in [0.4, 0.5) is 0 Å². The number of nitrogens with zero attached hydrogens (tertiary/aromatic N) is 1. The molecule has 0 atom stereocenters. The number of hydrogen-bond donors (Lipinski definition) is 1. The van der Waals surface area contributed by atoms with E-state index >= 15 is 0 Å². The molecular weight excluding hydrogens is 296 g/mol. The highest BCUT2D eigenvalue weighted by molar-refractivity contribution is 9.10. The molecule has 0 radical (unpaired) electrons. The number of halogens is 1. The van der Waals surface area contributed by atoms with E-state index < -0.39 is 5.69 Å². The van der Waals surface area contributed by atoms with E-state index in [1.807, 2.05) is 32.0 Å². The molecule has 0 spiro atoms. The molecular formula is C13H13BrN2O2. The van der Waals surface area contributed by atoms with Gasteiger partial charge in [-0.15, -0.1) is 0 Å². The molecule has 0 unspecified atom stereocenters. The monoisotopic (exact) mass is 308 g/mol. The van der Waals surface area contributed by atoms with E-state index in [-0.39, 0.29) is 12.1 Å². The van der Waals surface area contributed by atoms with Crippen molar-refractivity contribution in [2.24, 2.45) is 0 Å². The zero-order chi connectivity index (χ0) is 13.3. The van der Waals surface area contributed by atoms with Crippen molar-refractivity contribution in [3.05, 3.63) is 66.4 Å². The maximum Gasteiger partial charge on any atom is 0.328 e. The van der Waals surface area contributed by atoms with Crippen LogP contribution in [0.1, 0.15) is 16.7 Å². The summed E-state index contributed by atoms with van der Waals surface area (Å²) in [6.07, 6.45) is 1.37. The molecule has 0 bridgehead atoms. The van der Waals surface area contributed by atoms with Crippen LogP contribution in [-0.2, 0) is 6.54 Å². The molecule has 0 aliphatic rings. The van der Waals surface area contributed by atoms with Gasteiger partial charge in [0.2, 0.25) is 0 Å². The molecule has 18 heavy (non-hydrogen) atoms.